The second-order valence-electron chi connectivity index (χ2n) is 9.40. The molecule has 4 rings (SSSR count). The summed E-state index contributed by atoms with van der Waals surface area (Å²) in [4.78, 5) is 24.9. The van der Waals surface area contributed by atoms with Crippen molar-refractivity contribution in [2.75, 3.05) is 6.61 Å². The van der Waals surface area contributed by atoms with Crippen molar-refractivity contribution in [1.29, 1.82) is 0 Å². The molecule has 0 aliphatic heterocycles. The number of ether oxygens (including phenoxy) is 2. The van der Waals surface area contributed by atoms with E-state index in [1.54, 1.807) is 0 Å². The van der Waals surface area contributed by atoms with Crippen LogP contribution in [-0.2, 0) is 16.0 Å². The first-order valence-corrected chi connectivity index (χ1v) is 11.5. The van der Waals surface area contributed by atoms with Crippen molar-refractivity contribution in [3.63, 3.8) is 0 Å². The van der Waals surface area contributed by atoms with Gasteiger partial charge in [0.1, 0.15) is 17.3 Å². The molecule has 4 atom stereocenters. The quantitative estimate of drug-likeness (QED) is 0.462. The monoisotopic (exact) mass is 398 g/mol. The Morgan fingerprint density at radius 2 is 1.97 bits per heavy atom. The number of hydrogen-bond acceptors (Lipinski definition) is 4. The number of esters is 1. The van der Waals surface area contributed by atoms with E-state index in [0.717, 1.165) is 57.1 Å². The van der Waals surface area contributed by atoms with Crippen LogP contribution in [0.25, 0.3) is 0 Å². The Labute approximate surface area is 174 Å². The van der Waals surface area contributed by atoms with Crippen LogP contribution in [0, 0.1) is 17.3 Å². The fourth-order valence-electron chi connectivity index (χ4n) is 6.19. The lowest BCUT2D eigenvalue weighted by Crippen LogP contribution is -2.42. The molecule has 0 amide bonds. The zero-order valence-corrected chi connectivity index (χ0v) is 18.1. The maximum absolute atomic E-state index is 12.6. The summed E-state index contributed by atoms with van der Waals surface area (Å²) in [6.45, 7) is 6.94. The Morgan fingerprint density at radius 3 is 2.72 bits per heavy atom. The first kappa shape index (κ1) is 20.4. The Kier molecular flexibility index (Phi) is 5.72. The molecule has 3 aliphatic carbocycles. The molecule has 0 spiro atoms. The van der Waals surface area contributed by atoms with Crippen LogP contribution in [0.15, 0.2) is 12.1 Å². The van der Waals surface area contributed by atoms with Gasteiger partial charge in [-0.2, -0.15) is 0 Å². The van der Waals surface area contributed by atoms with Crippen LogP contribution >= 0.6 is 0 Å². The summed E-state index contributed by atoms with van der Waals surface area (Å²) >= 11 is 0. The molecule has 1 aromatic carbocycles. The number of hydrogen-bond donors (Lipinski definition) is 0. The highest BCUT2D eigenvalue weighted by Crippen LogP contribution is 2.60. The number of rotatable bonds is 6. The van der Waals surface area contributed by atoms with E-state index in [9.17, 15) is 9.59 Å². The topological polar surface area (TPSA) is 52.6 Å². The Morgan fingerprint density at radius 1 is 1.14 bits per heavy atom. The highest BCUT2D eigenvalue weighted by atomic mass is 16.5. The van der Waals surface area contributed by atoms with Crippen LogP contribution in [0.2, 0.25) is 0 Å². The van der Waals surface area contributed by atoms with Gasteiger partial charge < -0.3 is 9.47 Å². The number of carbonyl (C=O) groups is 2. The molecule has 2 saturated carbocycles. The molecule has 29 heavy (non-hydrogen) atoms. The van der Waals surface area contributed by atoms with Gasteiger partial charge in [-0.15, -0.1) is 0 Å². The highest BCUT2D eigenvalue weighted by Gasteiger charge is 2.55. The summed E-state index contributed by atoms with van der Waals surface area (Å²) in [5.41, 5.74) is 2.35. The fraction of sp³-hybridized carbons (Fsp3) is 0.680. The summed E-state index contributed by atoms with van der Waals surface area (Å²) in [6.07, 6.45) is 7.95. The minimum absolute atomic E-state index is 0.137. The second-order valence-corrected chi connectivity index (χ2v) is 9.40. The van der Waals surface area contributed by atoms with E-state index in [1.165, 1.54) is 11.1 Å². The highest BCUT2D eigenvalue weighted by molar-refractivity contribution is 5.87. The van der Waals surface area contributed by atoms with Crippen LogP contribution in [0.3, 0.4) is 0 Å². The predicted molar refractivity (Wildman–Crippen MR) is 112 cm³/mol. The predicted octanol–water partition coefficient (Wildman–Crippen LogP) is 5.61. The van der Waals surface area contributed by atoms with E-state index in [0.29, 0.717) is 42.3 Å². The lowest BCUT2D eigenvalue weighted by atomic mass is 9.55. The molecular formula is C25H34O4. The molecule has 0 saturated heterocycles. The largest absolute Gasteiger partial charge is 0.493 e. The van der Waals surface area contributed by atoms with Crippen LogP contribution in [0.5, 0.6) is 11.5 Å². The molecule has 2 fully saturated rings. The van der Waals surface area contributed by atoms with Crippen molar-refractivity contribution in [1.82, 2.24) is 0 Å². The van der Waals surface area contributed by atoms with Crippen molar-refractivity contribution in [3.05, 3.63) is 23.3 Å². The van der Waals surface area contributed by atoms with Crippen LogP contribution < -0.4 is 9.47 Å². The van der Waals surface area contributed by atoms with Crippen LogP contribution in [0.1, 0.15) is 89.2 Å². The van der Waals surface area contributed by atoms with Crippen LogP contribution in [-0.4, -0.2) is 18.4 Å². The van der Waals surface area contributed by atoms with Gasteiger partial charge in [-0.1, -0.05) is 20.8 Å². The van der Waals surface area contributed by atoms with E-state index in [1.807, 2.05) is 13.0 Å². The average molecular weight is 399 g/mol. The van der Waals surface area contributed by atoms with Gasteiger partial charge >= 0.3 is 5.97 Å². The molecule has 158 valence electrons. The van der Waals surface area contributed by atoms with Crippen molar-refractivity contribution in [3.8, 4) is 11.5 Å². The molecule has 0 bridgehead atoms. The van der Waals surface area contributed by atoms with Gasteiger partial charge in [0, 0.05) is 29.9 Å². The lowest BCUT2D eigenvalue weighted by Gasteiger charge is -2.48. The molecular weight excluding hydrogens is 364 g/mol. The molecule has 0 unspecified atom stereocenters. The van der Waals surface area contributed by atoms with E-state index in [2.05, 4.69) is 19.9 Å². The van der Waals surface area contributed by atoms with Gasteiger partial charge in [-0.3, -0.25) is 9.59 Å². The van der Waals surface area contributed by atoms with Gasteiger partial charge in [0.15, 0.2) is 0 Å². The third-order valence-corrected chi connectivity index (χ3v) is 7.62. The molecule has 0 N–H and O–H groups in total. The van der Waals surface area contributed by atoms with Gasteiger partial charge in [0.2, 0.25) is 0 Å². The summed E-state index contributed by atoms with van der Waals surface area (Å²) in [5.74, 6) is 3.17. The standard InChI is InChI=1S/C25H34O4/c1-4-6-23(27)29-21-15-17(28-13-5-2)14-16-7-8-18-19(24(16)21)11-12-25(3)20(18)9-10-22(25)26/h14-15,18-20H,4-13H2,1-3H3/t18-,19+,20+,25+/m1/s1. The lowest BCUT2D eigenvalue weighted by molar-refractivity contribution is -0.134. The zero-order valence-electron chi connectivity index (χ0n) is 18.1. The van der Waals surface area contributed by atoms with Crippen LogP contribution in [0.4, 0.5) is 0 Å². The van der Waals surface area contributed by atoms with Crippen molar-refractivity contribution < 1.29 is 19.1 Å². The minimum Gasteiger partial charge on any atom is -0.493 e. The first-order chi connectivity index (χ1) is 14.0. The minimum atomic E-state index is -0.166. The average Bonchev–Trinajstić information content (AvgIpc) is 3.01. The smallest absolute Gasteiger partial charge is 0.311 e. The summed E-state index contributed by atoms with van der Waals surface area (Å²) in [7, 11) is 0. The summed E-state index contributed by atoms with van der Waals surface area (Å²) in [5, 5.41) is 0. The van der Waals surface area contributed by atoms with Gasteiger partial charge in [-0.05, 0) is 74.3 Å². The Bertz CT molecular complexity index is 798. The van der Waals surface area contributed by atoms with Crippen molar-refractivity contribution in [2.24, 2.45) is 17.3 Å². The summed E-state index contributed by atoms with van der Waals surface area (Å²) < 4.78 is 11.8. The second kappa shape index (κ2) is 8.12. The normalized spacial score (nSPS) is 30.3. The van der Waals surface area contributed by atoms with Gasteiger partial charge in [0.05, 0.1) is 6.61 Å². The Hall–Kier alpha value is -1.84. The van der Waals surface area contributed by atoms with E-state index < -0.39 is 0 Å². The first-order valence-electron chi connectivity index (χ1n) is 11.5. The Balaban J connectivity index is 1.70. The number of Topliss-reactive ketones (excluding diaryl/α,β-unsaturated/α-hetero) is 1. The molecule has 4 heteroatoms. The zero-order chi connectivity index (χ0) is 20.6. The fourth-order valence-corrected chi connectivity index (χ4v) is 6.19. The SMILES string of the molecule is CCCOc1cc2c(c(OC(=O)CCC)c1)[C@H]1CC[C@]3(C)C(=O)CC[C@H]3[C@@H]1CC2. The number of carbonyl (C=O) groups excluding carboxylic acids is 2. The molecule has 4 nitrogen and oxygen atoms in total. The molecule has 0 aromatic heterocycles. The van der Waals surface area contributed by atoms with Crippen molar-refractivity contribution >= 4 is 11.8 Å². The van der Waals surface area contributed by atoms with E-state index >= 15 is 0 Å². The third-order valence-electron chi connectivity index (χ3n) is 7.62. The number of aryl methyl sites for hydroxylation is 1. The number of benzene rings is 1. The molecule has 1 aromatic rings. The van der Waals surface area contributed by atoms with E-state index in [4.69, 9.17) is 9.47 Å². The van der Waals surface area contributed by atoms with Crippen molar-refractivity contribution in [2.45, 2.75) is 84.5 Å². The van der Waals surface area contributed by atoms with Gasteiger partial charge in [-0.25, -0.2) is 0 Å². The van der Waals surface area contributed by atoms with Gasteiger partial charge in [0.25, 0.3) is 0 Å². The number of ketones is 1. The molecule has 0 heterocycles. The molecule has 0 radical (unpaired) electrons. The maximum atomic E-state index is 12.6. The maximum Gasteiger partial charge on any atom is 0.311 e. The summed E-state index contributed by atoms with van der Waals surface area (Å²) in [6, 6.07) is 4.09. The third kappa shape index (κ3) is 3.60. The molecule has 3 aliphatic rings. The van der Waals surface area contributed by atoms with E-state index in [-0.39, 0.29) is 11.4 Å². The number of fused-ring (bicyclic) bond motifs is 5.